The van der Waals surface area contributed by atoms with E-state index in [1.807, 2.05) is 57.2 Å². The lowest BCUT2D eigenvalue weighted by molar-refractivity contribution is 0.102. The van der Waals surface area contributed by atoms with Gasteiger partial charge in [0.15, 0.2) is 0 Å². The summed E-state index contributed by atoms with van der Waals surface area (Å²) >= 11 is 0. The molecule has 1 amide bonds. The van der Waals surface area contributed by atoms with E-state index in [9.17, 15) is 4.79 Å². The van der Waals surface area contributed by atoms with E-state index >= 15 is 0 Å². The Morgan fingerprint density at radius 3 is 2.47 bits per heavy atom. The molecule has 1 aromatic heterocycles. The number of aromatic nitrogens is 2. The van der Waals surface area contributed by atoms with Crippen LogP contribution in [0.1, 0.15) is 41.0 Å². The van der Waals surface area contributed by atoms with Gasteiger partial charge in [-0.05, 0) is 87.8 Å². The highest BCUT2D eigenvalue weighted by Crippen LogP contribution is 2.22. The van der Waals surface area contributed by atoms with Gasteiger partial charge in [-0.3, -0.25) is 9.69 Å². The van der Waals surface area contributed by atoms with E-state index in [2.05, 4.69) is 75.9 Å². The molecule has 3 aromatic carbocycles. The molecule has 0 spiro atoms. The molecule has 2 N–H and O–H groups in total. The number of nitrogens with zero attached hydrogens (tertiary/aromatic N) is 3. The SMILES string of the molecule is C/C=C\C(=C/C)CN(C)Cc1ccc(C)c(NC(=O)c2ccc(Nc3nc(C)c4ccccc4n3)cc2)c1. The molecule has 1 heterocycles. The van der Waals surface area contributed by atoms with E-state index in [0.717, 1.165) is 52.2 Å². The van der Waals surface area contributed by atoms with Crippen LogP contribution in [0.25, 0.3) is 10.9 Å². The second kappa shape index (κ2) is 12.3. The number of nitrogens with one attached hydrogen (secondary N) is 2. The first kappa shape index (κ1) is 26.8. The molecule has 0 saturated carbocycles. The maximum Gasteiger partial charge on any atom is 0.255 e. The van der Waals surface area contributed by atoms with Crippen LogP contribution in [0.3, 0.4) is 0 Å². The Labute approximate surface area is 225 Å². The number of aryl methyl sites for hydroxylation is 2. The Balaban J connectivity index is 1.41. The van der Waals surface area contributed by atoms with E-state index in [-0.39, 0.29) is 5.91 Å². The van der Waals surface area contributed by atoms with Gasteiger partial charge in [-0.15, -0.1) is 0 Å². The summed E-state index contributed by atoms with van der Waals surface area (Å²) in [6.45, 7) is 9.72. The van der Waals surface area contributed by atoms with Crippen molar-refractivity contribution in [3.8, 4) is 0 Å². The molecule has 0 aliphatic heterocycles. The molecule has 0 bridgehead atoms. The van der Waals surface area contributed by atoms with Crippen LogP contribution in [-0.2, 0) is 6.54 Å². The highest BCUT2D eigenvalue weighted by Gasteiger charge is 2.11. The summed E-state index contributed by atoms with van der Waals surface area (Å²) < 4.78 is 0. The van der Waals surface area contributed by atoms with Crippen LogP contribution in [0.4, 0.5) is 17.3 Å². The minimum Gasteiger partial charge on any atom is -0.324 e. The highest BCUT2D eigenvalue weighted by atomic mass is 16.1. The van der Waals surface area contributed by atoms with Crippen LogP contribution >= 0.6 is 0 Å². The first-order valence-corrected chi connectivity index (χ1v) is 12.8. The van der Waals surface area contributed by atoms with Gasteiger partial charge in [-0.1, -0.05) is 48.6 Å². The van der Waals surface area contributed by atoms with Crippen molar-refractivity contribution < 1.29 is 4.79 Å². The zero-order chi connectivity index (χ0) is 27.1. The van der Waals surface area contributed by atoms with Gasteiger partial charge in [0.2, 0.25) is 5.95 Å². The Hall–Kier alpha value is -4.29. The molecule has 4 aromatic rings. The van der Waals surface area contributed by atoms with Gasteiger partial charge in [0.05, 0.1) is 11.2 Å². The third kappa shape index (κ3) is 6.72. The fourth-order valence-corrected chi connectivity index (χ4v) is 4.36. The zero-order valence-electron chi connectivity index (χ0n) is 22.7. The minimum absolute atomic E-state index is 0.146. The maximum absolute atomic E-state index is 13.0. The minimum atomic E-state index is -0.146. The van der Waals surface area contributed by atoms with Crippen LogP contribution in [0.2, 0.25) is 0 Å². The van der Waals surface area contributed by atoms with Gasteiger partial charge >= 0.3 is 0 Å². The van der Waals surface area contributed by atoms with E-state index in [0.29, 0.717) is 11.5 Å². The van der Waals surface area contributed by atoms with Crippen molar-refractivity contribution in [3.05, 3.63) is 113 Å². The molecule has 0 saturated heterocycles. The summed E-state index contributed by atoms with van der Waals surface area (Å²) in [5.74, 6) is 0.385. The summed E-state index contributed by atoms with van der Waals surface area (Å²) in [6, 6.07) is 21.5. The van der Waals surface area contributed by atoms with Crippen LogP contribution in [-0.4, -0.2) is 34.4 Å². The average molecular weight is 506 g/mol. The lowest BCUT2D eigenvalue weighted by Gasteiger charge is -2.18. The topological polar surface area (TPSA) is 70.2 Å². The van der Waals surface area contributed by atoms with Crippen molar-refractivity contribution in [2.24, 2.45) is 0 Å². The third-order valence-electron chi connectivity index (χ3n) is 6.40. The van der Waals surface area contributed by atoms with Crippen LogP contribution in [0.5, 0.6) is 0 Å². The summed E-state index contributed by atoms with van der Waals surface area (Å²) in [5, 5.41) is 7.36. The summed E-state index contributed by atoms with van der Waals surface area (Å²) in [5.41, 5.74) is 7.47. The number of fused-ring (bicyclic) bond motifs is 1. The fourth-order valence-electron chi connectivity index (χ4n) is 4.36. The molecular formula is C32H35N5O. The lowest BCUT2D eigenvalue weighted by atomic mass is 10.1. The van der Waals surface area contributed by atoms with Gasteiger partial charge < -0.3 is 10.6 Å². The molecule has 194 valence electrons. The largest absolute Gasteiger partial charge is 0.324 e. The second-order valence-corrected chi connectivity index (χ2v) is 9.49. The van der Waals surface area contributed by atoms with Crippen LogP contribution in [0, 0.1) is 13.8 Å². The standard InChI is InChI=1S/C32H35N5O/c1-6-10-24(7-2)20-37(5)21-25-14-13-22(3)30(19-25)35-31(38)26-15-17-27(18-16-26)34-32-33-23(4)28-11-8-9-12-29(28)36-32/h6-19H,20-21H2,1-5H3,(H,35,38)(H,33,34,36)/b10-6-,24-7+. The molecule has 6 nitrogen and oxygen atoms in total. The number of likely N-dealkylation sites (N-methyl/N-ethyl adjacent to an activating group) is 1. The number of anilines is 3. The van der Waals surface area contributed by atoms with Gasteiger partial charge in [-0.25, -0.2) is 9.97 Å². The normalized spacial score (nSPS) is 11.9. The van der Waals surface area contributed by atoms with Crippen molar-refractivity contribution in [1.82, 2.24) is 14.9 Å². The molecule has 6 heteroatoms. The molecule has 0 fully saturated rings. The number of benzene rings is 3. The molecule has 0 atom stereocenters. The average Bonchev–Trinajstić information content (AvgIpc) is 2.90. The number of hydrogen-bond donors (Lipinski definition) is 2. The van der Waals surface area contributed by atoms with E-state index in [1.54, 1.807) is 12.1 Å². The number of carbonyl (C=O) groups is 1. The summed E-state index contributed by atoms with van der Waals surface area (Å²) in [7, 11) is 2.10. The number of allylic oxidation sites excluding steroid dienone is 2. The molecular weight excluding hydrogens is 470 g/mol. The highest BCUT2D eigenvalue weighted by molar-refractivity contribution is 6.04. The van der Waals surface area contributed by atoms with E-state index in [4.69, 9.17) is 0 Å². The molecule has 0 aliphatic carbocycles. The Kier molecular flexibility index (Phi) is 8.66. The number of hydrogen-bond acceptors (Lipinski definition) is 5. The smallest absolute Gasteiger partial charge is 0.255 e. The van der Waals surface area contributed by atoms with E-state index < -0.39 is 0 Å². The molecule has 0 radical (unpaired) electrons. The van der Waals surface area contributed by atoms with Gasteiger partial charge in [0.1, 0.15) is 0 Å². The van der Waals surface area contributed by atoms with Crippen molar-refractivity contribution in [3.63, 3.8) is 0 Å². The van der Waals surface area contributed by atoms with Crippen molar-refractivity contribution in [2.75, 3.05) is 24.2 Å². The van der Waals surface area contributed by atoms with Crippen LogP contribution in [0.15, 0.2) is 90.5 Å². The predicted molar refractivity (Wildman–Crippen MR) is 158 cm³/mol. The lowest BCUT2D eigenvalue weighted by Crippen LogP contribution is -2.20. The molecule has 0 unspecified atom stereocenters. The second-order valence-electron chi connectivity index (χ2n) is 9.49. The van der Waals surface area contributed by atoms with Gasteiger partial charge in [0.25, 0.3) is 5.91 Å². The summed E-state index contributed by atoms with van der Waals surface area (Å²) in [4.78, 5) is 24.5. The van der Waals surface area contributed by atoms with Crippen molar-refractivity contribution in [1.29, 1.82) is 0 Å². The Morgan fingerprint density at radius 2 is 1.74 bits per heavy atom. The van der Waals surface area contributed by atoms with Crippen molar-refractivity contribution in [2.45, 2.75) is 34.2 Å². The first-order chi connectivity index (χ1) is 18.4. The maximum atomic E-state index is 13.0. The van der Waals surface area contributed by atoms with Crippen molar-refractivity contribution >= 4 is 34.1 Å². The predicted octanol–water partition coefficient (Wildman–Crippen LogP) is 7.20. The first-order valence-electron chi connectivity index (χ1n) is 12.8. The number of rotatable bonds is 9. The number of amides is 1. The van der Waals surface area contributed by atoms with Gasteiger partial charge in [0, 0.05) is 35.4 Å². The molecule has 38 heavy (non-hydrogen) atoms. The number of carbonyl (C=O) groups excluding carboxylic acids is 1. The fraction of sp³-hybridized carbons (Fsp3) is 0.219. The van der Waals surface area contributed by atoms with Gasteiger partial charge in [-0.2, -0.15) is 0 Å². The zero-order valence-corrected chi connectivity index (χ0v) is 22.7. The molecule has 4 rings (SSSR count). The molecule has 0 aliphatic rings. The van der Waals surface area contributed by atoms with Crippen LogP contribution < -0.4 is 10.6 Å². The Morgan fingerprint density at radius 1 is 0.974 bits per heavy atom. The quantitative estimate of drug-likeness (QED) is 0.236. The summed E-state index contributed by atoms with van der Waals surface area (Å²) in [6.07, 6.45) is 6.32. The van der Waals surface area contributed by atoms with E-state index in [1.165, 1.54) is 5.57 Å². The number of para-hydroxylation sites is 1. The Bertz CT molecular complexity index is 1490. The third-order valence-corrected chi connectivity index (χ3v) is 6.40. The monoisotopic (exact) mass is 505 g/mol.